The predicted molar refractivity (Wildman–Crippen MR) is 150 cm³/mol. The van der Waals surface area contributed by atoms with Crippen molar-refractivity contribution in [2.45, 2.75) is 32.2 Å². The van der Waals surface area contributed by atoms with Crippen molar-refractivity contribution in [1.29, 1.82) is 0 Å². The lowest BCUT2D eigenvalue weighted by molar-refractivity contribution is -0.665. The first kappa shape index (κ1) is 24.1. The Morgan fingerprint density at radius 3 is 2.31 bits per heavy atom. The molecule has 0 radical (unpaired) electrons. The Morgan fingerprint density at radius 2 is 1.57 bits per heavy atom. The second-order valence-corrected chi connectivity index (χ2v) is 10.7. The van der Waals surface area contributed by atoms with E-state index in [9.17, 15) is 0 Å². The summed E-state index contributed by atoms with van der Waals surface area (Å²) in [5.41, 5.74) is 3.92. The number of nitrogens with zero attached hydrogens (tertiary/aromatic N) is 2. The first-order valence-corrected chi connectivity index (χ1v) is 13.5. The summed E-state index contributed by atoms with van der Waals surface area (Å²) >= 11 is 3.79. The van der Waals surface area contributed by atoms with Crippen LogP contribution in [0, 0.1) is 0 Å². The van der Waals surface area contributed by atoms with E-state index in [0.29, 0.717) is 0 Å². The maximum atomic E-state index is 2.44. The number of hydrogen-bond donors (Lipinski definition) is 0. The maximum Gasteiger partial charge on any atom is 0.263 e. The third kappa shape index (κ3) is 4.10. The normalized spacial score (nSPS) is 14.8. The van der Waals surface area contributed by atoms with Crippen LogP contribution in [0.2, 0.25) is 0 Å². The maximum absolute atomic E-state index is 2.44. The molecule has 35 heavy (non-hydrogen) atoms. The van der Waals surface area contributed by atoms with Crippen LogP contribution in [0.1, 0.15) is 25.8 Å². The highest BCUT2D eigenvalue weighted by Gasteiger charge is 2.26. The van der Waals surface area contributed by atoms with E-state index >= 15 is 0 Å². The van der Waals surface area contributed by atoms with Crippen LogP contribution in [-0.4, -0.2) is 6.54 Å². The summed E-state index contributed by atoms with van der Waals surface area (Å²) < 4.78 is 3.81. The van der Waals surface area contributed by atoms with Gasteiger partial charge in [-0.05, 0) is 60.7 Å². The molecule has 2 nitrogen and oxygen atoms in total. The van der Waals surface area contributed by atoms with Gasteiger partial charge in [-0.25, -0.2) is 0 Å². The Kier molecular flexibility index (Phi) is 6.75. The van der Waals surface area contributed by atoms with Crippen molar-refractivity contribution in [2.24, 2.45) is 0 Å². The zero-order valence-electron chi connectivity index (χ0n) is 20.1. The molecule has 0 fully saturated rings. The van der Waals surface area contributed by atoms with Gasteiger partial charge in [0.05, 0.1) is 10.7 Å². The van der Waals surface area contributed by atoms with Crippen molar-refractivity contribution >= 4 is 66.6 Å². The summed E-state index contributed by atoms with van der Waals surface area (Å²) in [7, 11) is 0. The molecule has 0 saturated carbocycles. The number of benzene rings is 4. The molecule has 1 aliphatic rings. The Hall–Kier alpha value is -2.60. The van der Waals surface area contributed by atoms with E-state index in [-0.39, 0.29) is 17.0 Å². The number of thioether (sulfide) groups is 1. The average molecular weight is 560 g/mol. The van der Waals surface area contributed by atoms with Crippen molar-refractivity contribution in [1.82, 2.24) is 0 Å². The molecule has 2 heterocycles. The van der Waals surface area contributed by atoms with Crippen LogP contribution >= 0.6 is 23.1 Å². The highest BCUT2D eigenvalue weighted by Crippen LogP contribution is 2.49. The summed E-state index contributed by atoms with van der Waals surface area (Å²) in [6, 6.07) is 26.4. The molecule has 176 valence electrons. The third-order valence-corrected chi connectivity index (χ3v) is 8.94. The quantitative estimate of drug-likeness (QED) is 0.273. The van der Waals surface area contributed by atoms with Crippen molar-refractivity contribution in [3.8, 4) is 0 Å². The van der Waals surface area contributed by atoms with Crippen molar-refractivity contribution in [3.63, 3.8) is 0 Å². The number of allylic oxidation sites excluding steroid dienone is 2. The molecule has 0 N–H and O–H groups in total. The molecule has 5 heteroatoms. The SMILES string of the molecule is CCN1/C(=C/C(C)=C/c2sc3c4ccccc4ccc3[n+]2CC)Sc2c1ccc1ccccc21.[Br-]. The molecule has 0 saturated heterocycles. The Bertz CT molecular complexity index is 1630. The van der Waals surface area contributed by atoms with Crippen LogP contribution < -0.4 is 26.4 Å². The first-order valence-electron chi connectivity index (χ1n) is 11.9. The van der Waals surface area contributed by atoms with Gasteiger partial charge in [0.15, 0.2) is 0 Å². The van der Waals surface area contributed by atoms with Gasteiger partial charge in [-0.3, -0.25) is 0 Å². The monoisotopic (exact) mass is 558 g/mol. The largest absolute Gasteiger partial charge is 1.00 e. The molecule has 0 unspecified atom stereocenters. The van der Waals surface area contributed by atoms with Gasteiger partial charge < -0.3 is 21.9 Å². The van der Waals surface area contributed by atoms with E-state index in [0.717, 1.165) is 13.1 Å². The molecule has 0 aliphatic carbocycles. The zero-order valence-corrected chi connectivity index (χ0v) is 23.3. The van der Waals surface area contributed by atoms with E-state index in [1.165, 1.54) is 58.0 Å². The van der Waals surface area contributed by atoms with E-state index < -0.39 is 0 Å². The summed E-state index contributed by atoms with van der Waals surface area (Å²) in [4.78, 5) is 3.81. The van der Waals surface area contributed by atoms with Crippen molar-refractivity contribution in [2.75, 3.05) is 11.4 Å². The van der Waals surface area contributed by atoms with Crippen LogP contribution in [0.15, 0.2) is 94.4 Å². The second-order valence-electron chi connectivity index (χ2n) is 8.67. The molecule has 0 bridgehead atoms. The fourth-order valence-corrected chi connectivity index (χ4v) is 7.70. The standard InChI is InChI=1S/C30H27N2S2.BrH/c1-4-31-25-16-14-21-10-6-8-12-23(21)29(25)33-27(31)18-20(3)19-28-32(5-2)26-17-15-22-11-7-9-13-24(22)30(26)34-28;/h6-19H,4-5H2,1-3H3;1H/q+1;/p-1. The number of fused-ring (bicyclic) bond motifs is 6. The van der Waals surface area contributed by atoms with Crippen LogP contribution in [0.25, 0.3) is 37.8 Å². The van der Waals surface area contributed by atoms with Crippen LogP contribution in [0.5, 0.6) is 0 Å². The van der Waals surface area contributed by atoms with Gasteiger partial charge in [-0.1, -0.05) is 77.7 Å². The van der Waals surface area contributed by atoms with Gasteiger partial charge in [0.25, 0.3) is 5.01 Å². The number of anilines is 1. The fourth-order valence-electron chi connectivity index (χ4n) is 4.96. The number of hydrogen-bond acceptors (Lipinski definition) is 3. The van der Waals surface area contributed by atoms with Crippen LogP contribution in [-0.2, 0) is 6.54 Å². The third-order valence-electron chi connectivity index (χ3n) is 6.58. The van der Waals surface area contributed by atoms with Gasteiger partial charge in [-0.2, -0.15) is 4.57 Å². The Morgan fingerprint density at radius 1 is 0.886 bits per heavy atom. The molecule has 0 spiro atoms. The molecule has 1 aliphatic heterocycles. The molecular formula is C30H27BrN2S2. The van der Waals surface area contributed by atoms with E-state index in [1.54, 1.807) is 0 Å². The number of halogens is 1. The molecular weight excluding hydrogens is 532 g/mol. The fraction of sp³-hybridized carbons (Fsp3) is 0.167. The van der Waals surface area contributed by atoms with Crippen LogP contribution in [0.3, 0.4) is 0 Å². The molecule has 5 aromatic rings. The highest BCUT2D eigenvalue weighted by molar-refractivity contribution is 8.04. The smallest absolute Gasteiger partial charge is 0.263 e. The van der Waals surface area contributed by atoms with Crippen molar-refractivity contribution < 1.29 is 21.5 Å². The zero-order chi connectivity index (χ0) is 23.2. The lowest BCUT2D eigenvalue weighted by atomic mass is 10.1. The number of aromatic nitrogens is 1. The van der Waals surface area contributed by atoms with Gasteiger partial charge in [0.2, 0.25) is 5.52 Å². The summed E-state index contributed by atoms with van der Waals surface area (Å²) in [6.07, 6.45) is 4.71. The number of thiazole rings is 1. The number of aryl methyl sites for hydroxylation is 1. The Labute approximate surface area is 225 Å². The van der Waals surface area contributed by atoms with Gasteiger partial charge >= 0.3 is 0 Å². The van der Waals surface area contributed by atoms with E-state index in [2.05, 4.69) is 115 Å². The minimum atomic E-state index is 0. The second kappa shape index (κ2) is 9.81. The lowest BCUT2D eigenvalue weighted by Gasteiger charge is -2.18. The minimum absolute atomic E-state index is 0. The van der Waals surface area contributed by atoms with Gasteiger partial charge in [0.1, 0.15) is 11.2 Å². The van der Waals surface area contributed by atoms with E-state index in [1.807, 2.05) is 23.1 Å². The summed E-state index contributed by atoms with van der Waals surface area (Å²) in [5.74, 6) is 0. The van der Waals surface area contributed by atoms with Gasteiger partial charge in [0, 0.05) is 29.0 Å². The van der Waals surface area contributed by atoms with Gasteiger partial charge in [-0.15, -0.1) is 0 Å². The minimum Gasteiger partial charge on any atom is -1.00 e. The molecule has 0 atom stereocenters. The van der Waals surface area contributed by atoms with Crippen LogP contribution in [0.4, 0.5) is 5.69 Å². The first-order chi connectivity index (χ1) is 16.7. The summed E-state index contributed by atoms with van der Waals surface area (Å²) in [6.45, 7) is 8.62. The van der Waals surface area contributed by atoms with E-state index in [4.69, 9.17) is 0 Å². The topological polar surface area (TPSA) is 7.12 Å². The molecule has 6 rings (SSSR count). The average Bonchev–Trinajstić information content (AvgIpc) is 3.40. The van der Waals surface area contributed by atoms with Crippen molar-refractivity contribution in [3.05, 3.63) is 94.5 Å². The number of rotatable bonds is 4. The highest BCUT2D eigenvalue weighted by atomic mass is 79.9. The summed E-state index contributed by atoms with van der Waals surface area (Å²) in [5, 5.41) is 7.90. The Balaban J connectivity index is 0.00000253. The molecule has 4 aromatic carbocycles. The molecule has 1 aromatic heterocycles. The predicted octanol–water partition coefficient (Wildman–Crippen LogP) is 5.40. The lowest BCUT2D eigenvalue weighted by Crippen LogP contribution is -3.00. The molecule has 0 amide bonds.